The first-order valence-corrected chi connectivity index (χ1v) is 14.1. The molecule has 0 aromatic heterocycles. The molecule has 0 fully saturated rings. The number of rotatable bonds is 10. The summed E-state index contributed by atoms with van der Waals surface area (Å²) in [5.74, 6) is 0. The third kappa shape index (κ3) is 6.38. The number of hydrogen-bond acceptors (Lipinski definition) is 2. The fourth-order valence-corrected chi connectivity index (χ4v) is 10.0. The lowest BCUT2D eigenvalue weighted by Crippen LogP contribution is -2.33. The van der Waals surface area contributed by atoms with Gasteiger partial charge in [0.2, 0.25) is 0 Å². The minimum absolute atomic E-state index is 0.688. The van der Waals surface area contributed by atoms with Crippen molar-refractivity contribution in [3.63, 3.8) is 0 Å². The van der Waals surface area contributed by atoms with E-state index < -0.39 is 16.1 Å². The first-order chi connectivity index (χ1) is 16.2. The van der Waals surface area contributed by atoms with Crippen LogP contribution >= 0.6 is 16.1 Å². The van der Waals surface area contributed by atoms with Gasteiger partial charge in [-0.3, -0.25) is 0 Å². The third-order valence-electron chi connectivity index (χ3n) is 5.43. The van der Waals surface area contributed by atoms with Crippen LogP contribution in [0, 0.1) is 0 Å². The first kappa shape index (κ1) is 23.8. The van der Waals surface area contributed by atoms with Crippen LogP contribution in [0.2, 0.25) is 0 Å². The highest BCUT2D eigenvalue weighted by Crippen LogP contribution is 2.54. The molecule has 4 aromatic rings. The van der Waals surface area contributed by atoms with Gasteiger partial charge in [-0.15, -0.1) is 0 Å². The zero-order valence-electron chi connectivity index (χ0n) is 19.5. The summed E-state index contributed by atoms with van der Waals surface area (Å²) in [5, 5.41) is 5.62. The number of benzene rings is 4. The topological polar surface area (TPSA) is 6.48 Å². The van der Waals surface area contributed by atoms with E-state index >= 15 is 0 Å². The summed E-state index contributed by atoms with van der Waals surface area (Å²) in [6.07, 6.45) is 1.13. The molecule has 0 saturated carbocycles. The van der Waals surface area contributed by atoms with Gasteiger partial charge < -0.3 is 4.90 Å². The Morgan fingerprint density at radius 2 is 0.758 bits per heavy atom. The highest BCUT2D eigenvalue weighted by atomic mass is 31.2. The molecule has 0 unspecified atom stereocenters. The van der Waals surface area contributed by atoms with Crippen LogP contribution in [-0.2, 0) is 0 Å². The second-order valence-electron chi connectivity index (χ2n) is 8.22. The monoisotopic (exact) mass is 470 g/mol. The predicted octanol–water partition coefficient (Wildman–Crippen LogP) is 5.34. The average molecular weight is 471 g/mol. The summed E-state index contributed by atoms with van der Waals surface area (Å²) >= 11 is 0. The molecule has 168 valence electrons. The molecule has 0 N–H and O–H groups in total. The zero-order chi connectivity index (χ0) is 22.9. The second kappa shape index (κ2) is 12.2. The zero-order valence-corrected chi connectivity index (χ0v) is 21.2. The molecule has 0 aliphatic rings. The predicted molar refractivity (Wildman–Crippen MR) is 148 cm³/mol. The van der Waals surface area contributed by atoms with Crippen LogP contribution in [0.1, 0.15) is 6.42 Å². The molecule has 0 bridgehead atoms. The normalized spacial score (nSPS) is 11.6. The molecule has 0 radical (unpaired) electrons. The standard InChI is InChI=1S/C29H32N2P2/c1-30(2)24-15-25-31(32(26-16-7-3-8-17-26)27-18-9-4-10-19-27)33(28-20-11-5-12-21-28)29-22-13-6-14-23-29/h3-14,16-23H,15,24-25H2,1-2H3. The van der Waals surface area contributed by atoms with Crippen LogP contribution in [0.15, 0.2) is 121 Å². The van der Waals surface area contributed by atoms with E-state index in [2.05, 4.69) is 145 Å². The van der Waals surface area contributed by atoms with Crippen molar-refractivity contribution in [1.82, 2.24) is 9.34 Å². The molecular weight excluding hydrogens is 438 g/mol. The molecule has 0 spiro atoms. The van der Waals surface area contributed by atoms with Gasteiger partial charge in [-0.2, -0.15) is 0 Å². The van der Waals surface area contributed by atoms with Gasteiger partial charge in [0.15, 0.2) is 0 Å². The molecule has 4 rings (SSSR count). The van der Waals surface area contributed by atoms with Crippen molar-refractivity contribution in [1.29, 1.82) is 0 Å². The Kier molecular flexibility index (Phi) is 8.81. The van der Waals surface area contributed by atoms with Crippen molar-refractivity contribution in [3.05, 3.63) is 121 Å². The van der Waals surface area contributed by atoms with Crippen LogP contribution in [-0.4, -0.2) is 36.5 Å². The van der Waals surface area contributed by atoms with E-state index in [1.165, 1.54) is 21.2 Å². The van der Waals surface area contributed by atoms with Crippen molar-refractivity contribution in [2.75, 3.05) is 27.2 Å². The molecular formula is C29H32N2P2. The summed E-state index contributed by atoms with van der Waals surface area (Å²) in [5.41, 5.74) is 0. The minimum atomic E-state index is -0.688. The maximum atomic E-state index is 2.82. The maximum absolute atomic E-state index is 2.82. The van der Waals surface area contributed by atoms with Gasteiger partial charge in [-0.1, -0.05) is 121 Å². The van der Waals surface area contributed by atoms with Crippen LogP contribution in [0.5, 0.6) is 0 Å². The quantitative estimate of drug-likeness (QED) is 0.289. The Balaban J connectivity index is 1.87. The molecule has 0 heterocycles. The van der Waals surface area contributed by atoms with E-state index in [9.17, 15) is 0 Å². The third-order valence-corrected chi connectivity index (χ3v) is 11.0. The van der Waals surface area contributed by atoms with Crippen LogP contribution in [0.25, 0.3) is 0 Å². The van der Waals surface area contributed by atoms with Gasteiger partial charge >= 0.3 is 0 Å². The smallest absolute Gasteiger partial charge is 0.0323 e. The molecule has 0 saturated heterocycles. The summed E-state index contributed by atoms with van der Waals surface area (Å²) in [6.45, 7) is 2.12. The highest BCUT2D eigenvalue weighted by Gasteiger charge is 2.31. The number of nitrogens with zero attached hydrogens (tertiary/aromatic N) is 2. The molecule has 33 heavy (non-hydrogen) atoms. The lowest BCUT2D eigenvalue weighted by atomic mass is 10.4. The molecule has 0 aliphatic heterocycles. The Hall–Kier alpha value is -2.34. The van der Waals surface area contributed by atoms with Gasteiger partial charge in [0.05, 0.1) is 0 Å². The Morgan fingerprint density at radius 3 is 1.03 bits per heavy atom. The first-order valence-electron chi connectivity index (χ1n) is 11.5. The number of hydrogen-bond donors (Lipinski definition) is 0. The molecule has 4 heteroatoms. The van der Waals surface area contributed by atoms with Gasteiger partial charge in [-0.05, 0) is 48.3 Å². The molecule has 0 aliphatic carbocycles. The lowest BCUT2D eigenvalue weighted by molar-refractivity contribution is 0.392. The van der Waals surface area contributed by atoms with Crippen molar-refractivity contribution >= 4 is 37.4 Å². The molecule has 4 aromatic carbocycles. The SMILES string of the molecule is CN(C)CCCN(P(c1ccccc1)c1ccccc1)P(c1ccccc1)c1ccccc1. The molecule has 0 atom stereocenters. The lowest BCUT2D eigenvalue weighted by Gasteiger charge is -2.39. The van der Waals surface area contributed by atoms with Crippen LogP contribution in [0.4, 0.5) is 0 Å². The molecule has 2 nitrogen and oxygen atoms in total. The van der Waals surface area contributed by atoms with Crippen molar-refractivity contribution in [2.24, 2.45) is 0 Å². The van der Waals surface area contributed by atoms with Crippen molar-refractivity contribution in [2.45, 2.75) is 6.42 Å². The van der Waals surface area contributed by atoms with E-state index in [0.717, 1.165) is 19.5 Å². The summed E-state index contributed by atoms with van der Waals surface area (Å²) < 4.78 is 2.82. The van der Waals surface area contributed by atoms with Crippen molar-refractivity contribution in [3.8, 4) is 0 Å². The average Bonchev–Trinajstić information content (AvgIpc) is 2.87. The second-order valence-corrected chi connectivity index (χ2v) is 12.8. The van der Waals surface area contributed by atoms with Crippen LogP contribution < -0.4 is 21.2 Å². The van der Waals surface area contributed by atoms with E-state index in [1.54, 1.807) is 0 Å². The van der Waals surface area contributed by atoms with Crippen molar-refractivity contribution < 1.29 is 0 Å². The summed E-state index contributed by atoms with van der Waals surface area (Å²) in [4.78, 5) is 2.29. The van der Waals surface area contributed by atoms with E-state index in [1.807, 2.05) is 0 Å². The fourth-order valence-electron chi connectivity index (χ4n) is 3.93. The molecule has 0 amide bonds. The fraction of sp³-hybridized carbons (Fsp3) is 0.172. The minimum Gasteiger partial charge on any atom is -0.309 e. The van der Waals surface area contributed by atoms with Gasteiger partial charge in [-0.25, -0.2) is 4.44 Å². The maximum Gasteiger partial charge on any atom is 0.0323 e. The summed E-state index contributed by atoms with van der Waals surface area (Å²) in [7, 11) is 2.95. The van der Waals surface area contributed by atoms with Gasteiger partial charge in [0.25, 0.3) is 0 Å². The Labute approximate surface area is 201 Å². The Bertz CT molecular complexity index is 912. The van der Waals surface area contributed by atoms with Gasteiger partial charge in [0, 0.05) is 22.7 Å². The van der Waals surface area contributed by atoms with E-state index in [0.29, 0.717) is 0 Å². The van der Waals surface area contributed by atoms with E-state index in [4.69, 9.17) is 0 Å². The largest absolute Gasteiger partial charge is 0.309 e. The Morgan fingerprint density at radius 1 is 0.455 bits per heavy atom. The van der Waals surface area contributed by atoms with Gasteiger partial charge in [0.1, 0.15) is 0 Å². The van der Waals surface area contributed by atoms with E-state index in [-0.39, 0.29) is 0 Å². The summed E-state index contributed by atoms with van der Waals surface area (Å²) in [6, 6.07) is 44.4. The highest BCUT2D eigenvalue weighted by molar-refractivity contribution is 7.84. The van der Waals surface area contributed by atoms with Crippen LogP contribution in [0.3, 0.4) is 0 Å².